The van der Waals surface area contributed by atoms with E-state index in [1.165, 1.54) is 6.20 Å². The lowest BCUT2D eigenvalue weighted by molar-refractivity contribution is 0.190. The van der Waals surface area contributed by atoms with Gasteiger partial charge in [-0.2, -0.15) is 0 Å². The number of para-hydroxylation sites is 1. The molecule has 2 rings (SSSR count). The van der Waals surface area contributed by atoms with Gasteiger partial charge in [-0.15, -0.1) is 10.7 Å². The summed E-state index contributed by atoms with van der Waals surface area (Å²) in [5.74, 6) is 0.616. The fraction of sp³-hybridized carbons (Fsp3) is 0. The van der Waals surface area contributed by atoms with Gasteiger partial charge in [-0.3, -0.25) is 0 Å². The lowest BCUT2D eigenvalue weighted by Crippen LogP contribution is -2.10. The Kier molecular flexibility index (Phi) is 8.98. The first-order chi connectivity index (χ1) is 13.0. The van der Waals surface area contributed by atoms with Gasteiger partial charge < -0.3 is 4.84 Å². The second kappa shape index (κ2) is 12.6. The largest absolute Gasteiger partial charge is 0.363 e. The molecule has 26 heavy (non-hydrogen) atoms. The average molecular weight is 345 g/mol. The molecule has 0 aliphatic carbocycles. The van der Waals surface area contributed by atoms with Gasteiger partial charge in [-0.05, 0) is 27.8 Å². The summed E-state index contributed by atoms with van der Waals surface area (Å²) < 4.78 is 0. The monoisotopic (exact) mass is 345 g/mol. The molecule has 130 valence electrons. The number of rotatable bonds is 0. The molecule has 6 heteroatoms. The van der Waals surface area contributed by atoms with Crippen LogP contribution in [0.15, 0.2) is 124 Å². The van der Waals surface area contributed by atoms with Crippen molar-refractivity contribution in [3.05, 3.63) is 109 Å². The molecular formula is C20H19N5O. The van der Waals surface area contributed by atoms with E-state index in [0.717, 1.165) is 5.56 Å². The quantitative estimate of drug-likeness (QED) is 0.662. The van der Waals surface area contributed by atoms with Gasteiger partial charge in [-0.25, -0.2) is 0 Å². The van der Waals surface area contributed by atoms with Gasteiger partial charge in [0.1, 0.15) is 0 Å². The van der Waals surface area contributed by atoms with Crippen LogP contribution in [0.4, 0.5) is 0 Å². The Morgan fingerprint density at radius 1 is 0.654 bits per heavy atom. The number of hydrogen-bond acceptors (Lipinski definition) is 6. The molecule has 0 bridgehead atoms. The van der Waals surface area contributed by atoms with Gasteiger partial charge in [0.25, 0.3) is 0 Å². The molecule has 1 aliphatic rings. The van der Waals surface area contributed by atoms with E-state index in [0.29, 0.717) is 5.75 Å². The molecule has 0 spiro atoms. The first-order valence-electron chi connectivity index (χ1n) is 7.94. The Bertz CT molecular complexity index is 811. The van der Waals surface area contributed by atoms with E-state index >= 15 is 0 Å². The van der Waals surface area contributed by atoms with Gasteiger partial charge in [0, 0.05) is 5.56 Å². The Labute approximate surface area is 152 Å². The maximum atomic E-state index is 5.35. The smallest absolute Gasteiger partial charge is 0.164 e. The summed E-state index contributed by atoms with van der Waals surface area (Å²) in [6, 6.07) is 7.54. The highest BCUT2D eigenvalue weighted by Crippen LogP contribution is 2.18. The molecular weight excluding hydrogens is 326 g/mol. The molecule has 1 heterocycles. The first-order valence-corrected chi connectivity index (χ1v) is 7.94. The van der Waals surface area contributed by atoms with Gasteiger partial charge in [0.05, 0.1) is 6.20 Å². The summed E-state index contributed by atoms with van der Waals surface area (Å²) in [5.41, 5.74) is 3.26. The predicted molar refractivity (Wildman–Crippen MR) is 104 cm³/mol. The lowest BCUT2D eigenvalue weighted by atomic mass is 10.2. The van der Waals surface area contributed by atoms with Crippen LogP contribution in [0.2, 0.25) is 0 Å². The van der Waals surface area contributed by atoms with Crippen molar-refractivity contribution >= 4 is 6.08 Å². The van der Waals surface area contributed by atoms with Crippen LogP contribution in [0, 0.1) is 0 Å². The molecule has 1 N–H and O–H groups in total. The van der Waals surface area contributed by atoms with E-state index in [1.807, 2.05) is 97.2 Å². The minimum Gasteiger partial charge on any atom is -0.363 e. The number of nitrogens with one attached hydrogen (secondary N) is 1. The summed E-state index contributed by atoms with van der Waals surface area (Å²) in [6.45, 7) is 0. The third-order valence-electron chi connectivity index (χ3n) is 2.90. The number of benzene rings is 1. The Hall–Kier alpha value is -3.80. The van der Waals surface area contributed by atoms with E-state index in [9.17, 15) is 0 Å². The molecule has 6 nitrogen and oxygen atoms in total. The molecule has 0 unspecified atom stereocenters. The number of fused-ring (bicyclic) bond motifs is 1. The van der Waals surface area contributed by atoms with Crippen LogP contribution in [-0.2, 0) is 0 Å². The molecule has 0 fully saturated rings. The summed E-state index contributed by atoms with van der Waals surface area (Å²) in [7, 11) is 0. The van der Waals surface area contributed by atoms with Crippen LogP contribution < -0.4 is 10.4 Å². The van der Waals surface area contributed by atoms with Crippen molar-refractivity contribution in [3.63, 3.8) is 0 Å². The Morgan fingerprint density at radius 3 is 2.00 bits per heavy atom. The summed E-state index contributed by atoms with van der Waals surface area (Å²) >= 11 is 0. The van der Waals surface area contributed by atoms with E-state index < -0.39 is 0 Å². The molecule has 0 saturated heterocycles. The maximum Gasteiger partial charge on any atom is 0.164 e. The van der Waals surface area contributed by atoms with Crippen molar-refractivity contribution in [2.24, 2.45) is 20.8 Å². The maximum absolute atomic E-state index is 5.35. The van der Waals surface area contributed by atoms with Crippen molar-refractivity contribution in [3.8, 4) is 5.75 Å². The molecule has 1 aromatic carbocycles. The standard InChI is InChI=1S/C20H19N5O/c1-2-4-6-8-10-14-18-21-22-23-24-25-26-20-17-13-12-16-19(20)15-11-9-7-5-3-1/h1-18H,(H,21,23,25)/b2-1-,5-3-,6-4-,9-7+,10-8-,15-11-,18-14-. The van der Waals surface area contributed by atoms with Gasteiger partial charge >= 0.3 is 0 Å². The molecule has 0 amide bonds. The average Bonchev–Trinajstić information content (AvgIpc) is 2.66. The summed E-state index contributed by atoms with van der Waals surface area (Å²) in [5, 5.41) is 14.2. The second-order valence-electron chi connectivity index (χ2n) is 4.75. The Morgan fingerprint density at radius 2 is 1.27 bits per heavy atom. The Balaban J connectivity index is 2.10. The van der Waals surface area contributed by atoms with E-state index in [2.05, 4.69) is 26.4 Å². The number of allylic oxidation sites excluding steroid dienone is 12. The van der Waals surface area contributed by atoms with Gasteiger partial charge in [0.15, 0.2) is 5.75 Å². The minimum atomic E-state index is 0.616. The first kappa shape index (κ1) is 18.5. The van der Waals surface area contributed by atoms with E-state index in [1.54, 1.807) is 6.08 Å². The number of nitrogens with zero attached hydrogens (tertiary/aromatic N) is 4. The zero-order valence-electron chi connectivity index (χ0n) is 14.1. The SMILES string of the molecule is C1=C\C=C/C=C\N=N\N=N/NOc2ccccc2\C=C/C=C/C=C\C=C/1. The third-order valence-corrected chi connectivity index (χ3v) is 2.90. The third kappa shape index (κ3) is 8.16. The molecule has 1 aromatic rings. The van der Waals surface area contributed by atoms with Crippen molar-refractivity contribution < 1.29 is 4.84 Å². The second-order valence-corrected chi connectivity index (χ2v) is 4.75. The van der Waals surface area contributed by atoms with E-state index in [-0.39, 0.29) is 0 Å². The van der Waals surface area contributed by atoms with Crippen LogP contribution in [0.25, 0.3) is 6.08 Å². The van der Waals surface area contributed by atoms with Crippen molar-refractivity contribution in [2.45, 2.75) is 0 Å². The highest BCUT2D eigenvalue weighted by molar-refractivity contribution is 5.58. The fourth-order valence-corrected chi connectivity index (χ4v) is 1.76. The molecule has 0 aromatic heterocycles. The van der Waals surface area contributed by atoms with Gasteiger partial charge in [0.2, 0.25) is 0 Å². The summed E-state index contributed by atoms with van der Waals surface area (Å²) in [4.78, 5) is 5.35. The molecule has 0 atom stereocenters. The van der Waals surface area contributed by atoms with Crippen LogP contribution in [0.3, 0.4) is 0 Å². The van der Waals surface area contributed by atoms with Crippen LogP contribution >= 0.6 is 0 Å². The molecule has 1 aliphatic heterocycles. The highest BCUT2D eigenvalue weighted by atomic mass is 16.7. The normalized spacial score (nSPS) is 26.0. The van der Waals surface area contributed by atoms with Crippen LogP contribution in [0.1, 0.15) is 5.56 Å². The van der Waals surface area contributed by atoms with Crippen molar-refractivity contribution in [2.75, 3.05) is 0 Å². The van der Waals surface area contributed by atoms with E-state index in [4.69, 9.17) is 4.84 Å². The lowest BCUT2D eigenvalue weighted by Gasteiger charge is -2.04. The zero-order valence-corrected chi connectivity index (χ0v) is 14.1. The molecule has 0 saturated carbocycles. The summed E-state index contributed by atoms with van der Waals surface area (Å²) in [6.07, 6.45) is 26.3. The van der Waals surface area contributed by atoms with Crippen LogP contribution in [0.5, 0.6) is 5.75 Å². The predicted octanol–water partition coefficient (Wildman–Crippen LogP) is 5.63. The fourth-order valence-electron chi connectivity index (χ4n) is 1.76. The van der Waals surface area contributed by atoms with Crippen LogP contribution in [-0.4, -0.2) is 0 Å². The molecule has 0 radical (unpaired) electrons. The van der Waals surface area contributed by atoms with Crippen molar-refractivity contribution in [1.82, 2.24) is 5.59 Å². The highest BCUT2D eigenvalue weighted by Gasteiger charge is 1.98. The van der Waals surface area contributed by atoms with Crippen molar-refractivity contribution in [1.29, 1.82) is 0 Å². The van der Waals surface area contributed by atoms with Gasteiger partial charge in [-0.1, -0.05) is 91.1 Å². The zero-order chi connectivity index (χ0) is 18.1. The minimum absolute atomic E-state index is 0.616. The number of hydrogen-bond donors (Lipinski definition) is 1. The topological polar surface area (TPSA) is 70.7 Å².